The number of rotatable bonds is 2. The molecule has 5 heteroatoms. The van der Waals surface area contributed by atoms with Crippen molar-refractivity contribution in [2.75, 3.05) is 13.2 Å². The van der Waals surface area contributed by atoms with Crippen molar-refractivity contribution in [2.45, 2.75) is 25.2 Å². The maximum Gasteiger partial charge on any atom is 0.357 e. The lowest BCUT2D eigenvalue weighted by atomic mass is 9.85. The highest BCUT2D eigenvalue weighted by molar-refractivity contribution is 5.84. The van der Waals surface area contributed by atoms with Gasteiger partial charge in [-0.1, -0.05) is 0 Å². The van der Waals surface area contributed by atoms with Crippen molar-refractivity contribution in [1.29, 1.82) is 0 Å². The highest BCUT2D eigenvalue weighted by Crippen LogP contribution is 2.31. The first-order valence-corrected chi connectivity index (χ1v) is 4.89. The summed E-state index contributed by atoms with van der Waals surface area (Å²) < 4.78 is 10.6. The normalized spacial score (nSPS) is 26.5. The van der Waals surface area contributed by atoms with Gasteiger partial charge in [0.15, 0.2) is 5.69 Å². The van der Waals surface area contributed by atoms with E-state index < -0.39 is 5.97 Å². The molecule has 2 heterocycles. The Morgan fingerprint density at radius 1 is 1.67 bits per heavy atom. The SMILES string of the molecule is CC1(c2nc(C(=O)O)co2)CCCOC1. The Labute approximate surface area is 87.1 Å². The van der Waals surface area contributed by atoms with Crippen LogP contribution >= 0.6 is 0 Å². The summed E-state index contributed by atoms with van der Waals surface area (Å²) >= 11 is 0. The van der Waals surface area contributed by atoms with Gasteiger partial charge in [0.1, 0.15) is 6.26 Å². The summed E-state index contributed by atoms with van der Waals surface area (Å²) in [5.74, 6) is -0.607. The molecule has 1 saturated heterocycles. The molecule has 0 aromatic carbocycles. The first-order chi connectivity index (χ1) is 7.12. The summed E-state index contributed by atoms with van der Waals surface area (Å²) in [6.45, 7) is 3.26. The quantitative estimate of drug-likeness (QED) is 0.801. The van der Waals surface area contributed by atoms with Crippen LogP contribution in [0.1, 0.15) is 36.1 Å². The maximum atomic E-state index is 10.6. The lowest BCUT2D eigenvalue weighted by Gasteiger charge is -2.29. The number of carboxylic acids is 1. The van der Waals surface area contributed by atoms with Gasteiger partial charge in [-0.15, -0.1) is 0 Å². The van der Waals surface area contributed by atoms with Crippen LogP contribution in [0.5, 0.6) is 0 Å². The lowest BCUT2D eigenvalue weighted by molar-refractivity contribution is 0.0306. The molecule has 0 radical (unpaired) electrons. The van der Waals surface area contributed by atoms with Crippen molar-refractivity contribution >= 4 is 5.97 Å². The number of carbonyl (C=O) groups is 1. The van der Waals surface area contributed by atoms with E-state index in [-0.39, 0.29) is 11.1 Å². The smallest absolute Gasteiger partial charge is 0.357 e. The molecule has 2 rings (SSSR count). The Hall–Kier alpha value is -1.36. The zero-order valence-electron chi connectivity index (χ0n) is 8.52. The molecule has 1 aliphatic heterocycles. The van der Waals surface area contributed by atoms with E-state index in [1.54, 1.807) is 0 Å². The Bertz CT molecular complexity index is 365. The van der Waals surface area contributed by atoms with Crippen molar-refractivity contribution in [1.82, 2.24) is 4.98 Å². The average Bonchev–Trinajstić information content (AvgIpc) is 2.68. The number of hydrogen-bond acceptors (Lipinski definition) is 4. The Morgan fingerprint density at radius 2 is 2.47 bits per heavy atom. The number of oxazole rings is 1. The zero-order valence-corrected chi connectivity index (χ0v) is 8.52. The lowest BCUT2D eigenvalue weighted by Crippen LogP contribution is -2.33. The van der Waals surface area contributed by atoms with Crippen molar-refractivity contribution in [3.63, 3.8) is 0 Å². The van der Waals surface area contributed by atoms with E-state index in [4.69, 9.17) is 14.3 Å². The van der Waals surface area contributed by atoms with Crippen molar-refractivity contribution < 1.29 is 19.1 Å². The standard InChI is InChI=1S/C10H13NO4/c1-10(3-2-4-14-6-10)9-11-7(5-15-9)8(12)13/h5H,2-4,6H2,1H3,(H,12,13). The topological polar surface area (TPSA) is 72.6 Å². The van der Waals surface area contributed by atoms with Crippen LogP contribution in [0.2, 0.25) is 0 Å². The van der Waals surface area contributed by atoms with E-state index in [0.717, 1.165) is 19.4 Å². The molecule has 0 saturated carbocycles. The van der Waals surface area contributed by atoms with Gasteiger partial charge in [-0.05, 0) is 19.8 Å². The monoisotopic (exact) mass is 211 g/mol. The molecular weight excluding hydrogens is 198 g/mol. The van der Waals surface area contributed by atoms with Crippen LogP contribution in [-0.4, -0.2) is 29.3 Å². The van der Waals surface area contributed by atoms with Gasteiger partial charge >= 0.3 is 5.97 Å². The molecule has 82 valence electrons. The number of nitrogens with zero attached hydrogens (tertiary/aromatic N) is 1. The van der Waals surface area contributed by atoms with Crippen LogP contribution in [-0.2, 0) is 10.2 Å². The minimum atomic E-state index is -1.06. The largest absolute Gasteiger partial charge is 0.476 e. The molecule has 0 spiro atoms. The highest BCUT2D eigenvalue weighted by atomic mass is 16.5. The van der Waals surface area contributed by atoms with Gasteiger partial charge in [0.2, 0.25) is 5.89 Å². The van der Waals surface area contributed by atoms with Gasteiger partial charge < -0.3 is 14.3 Å². The third-order valence-electron chi connectivity index (χ3n) is 2.68. The molecule has 1 aliphatic rings. The molecular formula is C10H13NO4. The van der Waals surface area contributed by atoms with E-state index in [2.05, 4.69) is 4.98 Å². The number of hydrogen-bond donors (Lipinski definition) is 1. The zero-order chi connectivity index (χ0) is 10.9. The molecule has 1 fully saturated rings. The Kier molecular flexibility index (Phi) is 2.48. The first-order valence-electron chi connectivity index (χ1n) is 4.89. The minimum Gasteiger partial charge on any atom is -0.476 e. The molecule has 5 nitrogen and oxygen atoms in total. The van der Waals surface area contributed by atoms with E-state index in [1.165, 1.54) is 6.26 Å². The molecule has 1 N–H and O–H groups in total. The third-order valence-corrected chi connectivity index (χ3v) is 2.68. The molecule has 0 bridgehead atoms. The number of carboxylic acid groups (broad SMARTS) is 1. The second-order valence-electron chi connectivity index (χ2n) is 4.06. The van der Waals surface area contributed by atoms with E-state index in [1.807, 2.05) is 6.92 Å². The summed E-state index contributed by atoms with van der Waals surface area (Å²) in [5, 5.41) is 8.73. The van der Waals surface area contributed by atoms with Gasteiger partial charge in [-0.25, -0.2) is 9.78 Å². The summed E-state index contributed by atoms with van der Waals surface area (Å²) in [7, 11) is 0. The highest BCUT2D eigenvalue weighted by Gasteiger charge is 2.35. The van der Waals surface area contributed by atoms with Crippen LogP contribution in [0, 0.1) is 0 Å². The van der Waals surface area contributed by atoms with Gasteiger partial charge in [0, 0.05) is 6.61 Å². The molecule has 1 aromatic rings. The summed E-state index contributed by atoms with van der Waals surface area (Å²) in [6.07, 6.45) is 3.03. The summed E-state index contributed by atoms with van der Waals surface area (Å²) in [5.41, 5.74) is -0.330. The predicted octanol–water partition coefficient (Wildman–Crippen LogP) is 1.44. The fourth-order valence-electron chi connectivity index (χ4n) is 1.75. The van der Waals surface area contributed by atoms with Gasteiger partial charge in [0.05, 0.1) is 12.0 Å². The second kappa shape index (κ2) is 3.66. The molecule has 0 aliphatic carbocycles. The summed E-state index contributed by atoms with van der Waals surface area (Å²) in [6, 6.07) is 0. The number of ether oxygens (including phenoxy) is 1. The molecule has 1 atom stereocenters. The van der Waals surface area contributed by atoms with E-state index >= 15 is 0 Å². The fraction of sp³-hybridized carbons (Fsp3) is 0.600. The Balaban J connectivity index is 2.23. The maximum absolute atomic E-state index is 10.6. The van der Waals surface area contributed by atoms with Crippen molar-refractivity contribution in [3.05, 3.63) is 17.8 Å². The van der Waals surface area contributed by atoms with Gasteiger partial charge in [-0.3, -0.25) is 0 Å². The number of aromatic carboxylic acids is 1. The van der Waals surface area contributed by atoms with Crippen LogP contribution in [0.3, 0.4) is 0 Å². The molecule has 0 amide bonds. The van der Waals surface area contributed by atoms with Crippen LogP contribution < -0.4 is 0 Å². The molecule has 1 aromatic heterocycles. The summed E-state index contributed by atoms with van der Waals surface area (Å²) in [4.78, 5) is 14.6. The predicted molar refractivity (Wildman–Crippen MR) is 50.9 cm³/mol. The molecule has 1 unspecified atom stereocenters. The van der Waals surface area contributed by atoms with E-state index in [9.17, 15) is 4.79 Å². The van der Waals surface area contributed by atoms with Crippen LogP contribution in [0.15, 0.2) is 10.7 Å². The Morgan fingerprint density at radius 3 is 3.00 bits per heavy atom. The second-order valence-corrected chi connectivity index (χ2v) is 4.06. The van der Waals surface area contributed by atoms with Crippen molar-refractivity contribution in [2.24, 2.45) is 0 Å². The average molecular weight is 211 g/mol. The van der Waals surface area contributed by atoms with E-state index in [0.29, 0.717) is 12.5 Å². The third kappa shape index (κ3) is 1.87. The minimum absolute atomic E-state index is 0.0446. The van der Waals surface area contributed by atoms with Crippen LogP contribution in [0.4, 0.5) is 0 Å². The first kappa shape index (κ1) is 10.2. The number of aromatic nitrogens is 1. The van der Waals surface area contributed by atoms with Crippen LogP contribution in [0.25, 0.3) is 0 Å². The molecule has 15 heavy (non-hydrogen) atoms. The fourth-order valence-corrected chi connectivity index (χ4v) is 1.75. The van der Waals surface area contributed by atoms with Gasteiger partial charge in [0.25, 0.3) is 0 Å². The van der Waals surface area contributed by atoms with Crippen molar-refractivity contribution in [3.8, 4) is 0 Å². The van der Waals surface area contributed by atoms with Gasteiger partial charge in [-0.2, -0.15) is 0 Å².